The van der Waals surface area contributed by atoms with Crippen molar-refractivity contribution in [1.82, 2.24) is 5.32 Å². The first-order valence-corrected chi connectivity index (χ1v) is 28.7. The van der Waals surface area contributed by atoms with Gasteiger partial charge < -0.3 is 15.5 Å². The molecule has 0 fully saturated rings. The van der Waals surface area contributed by atoms with Crippen LogP contribution in [0.5, 0.6) is 0 Å². The minimum Gasteiger partial charge on any atom is -0.394 e. The van der Waals surface area contributed by atoms with Gasteiger partial charge in [-0.15, -0.1) is 0 Å². The lowest BCUT2D eigenvalue weighted by Crippen LogP contribution is -2.45. The summed E-state index contributed by atoms with van der Waals surface area (Å²) in [5, 5.41) is 23.4. The van der Waals surface area contributed by atoms with Gasteiger partial charge in [-0.1, -0.05) is 322 Å². The van der Waals surface area contributed by atoms with Crippen molar-refractivity contribution in [1.29, 1.82) is 0 Å². The summed E-state index contributed by atoms with van der Waals surface area (Å²) in [5.41, 5.74) is 0. The SMILES string of the molecule is CCCCCCCCCCCCCCCCCCCCCCCCCCCCCCC(=O)NC(CO)C(O)CCCCCCCCCCCCCCCCCCCCCCC. The molecule has 61 heavy (non-hydrogen) atoms. The number of carbonyl (C=O) groups is 1. The Labute approximate surface area is 384 Å². The van der Waals surface area contributed by atoms with Crippen LogP contribution in [0.1, 0.15) is 341 Å². The van der Waals surface area contributed by atoms with E-state index in [4.69, 9.17) is 0 Å². The highest BCUT2D eigenvalue weighted by atomic mass is 16.3. The molecule has 0 aliphatic rings. The summed E-state index contributed by atoms with van der Waals surface area (Å²) in [6.07, 6.45) is 68.1. The van der Waals surface area contributed by atoms with Crippen molar-refractivity contribution in [2.75, 3.05) is 6.61 Å². The van der Waals surface area contributed by atoms with Crippen LogP contribution in [0, 0.1) is 0 Å². The van der Waals surface area contributed by atoms with Crippen LogP contribution < -0.4 is 5.32 Å². The van der Waals surface area contributed by atoms with Crippen molar-refractivity contribution in [3.05, 3.63) is 0 Å². The number of amides is 1. The summed E-state index contributed by atoms with van der Waals surface area (Å²) in [4.78, 5) is 12.5. The van der Waals surface area contributed by atoms with Crippen molar-refractivity contribution in [2.24, 2.45) is 0 Å². The zero-order valence-electron chi connectivity index (χ0n) is 42.2. The summed E-state index contributed by atoms with van der Waals surface area (Å²) in [6.45, 7) is 4.41. The second-order valence-corrected chi connectivity index (χ2v) is 20.1. The number of nitrogens with one attached hydrogen (secondary N) is 1. The van der Waals surface area contributed by atoms with Crippen molar-refractivity contribution in [3.63, 3.8) is 0 Å². The van der Waals surface area contributed by atoms with Crippen LogP contribution in [0.25, 0.3) is 0 Å². The van der Waals surface area contributed by atoms with Crippen LogP contribution in [0.3, 0.4) is 0 Å². The van der Waals surface area contributed by atoms with Gasteiger partial charge in [0.2, 0.25) is 5.91 Å². The molecule has 0 aromatic heterocycles. The molecule has 0 heterocycles. The number of rotatable bonds is 54. The number of carbonyl (C=O) groups excluding carboxylic acids is 1. The smallest absolute Gasteiger partial charge is 0.220 e. The maximum Gasteiger partial charge on any atom is 0.220 e. The Kier molecular flexibility index (Phi) is 53.2. The van der Waals surface area contributed by atoms with E-state index in [0.29, 0.717) is 12.8 Å². The molecule has 0 saturated heterocycles. The Morgan fingerprint density at radius 1 is 0.328 bits per heavy atom. The normalized spacial score (nSPS) is 12.7. The molecule has 4 nitrogen and oxygen atoms in total. The molecule has 4 heteroatoms. The summed E-state index contributed by atoms with van der Waals surface area (Å²) in [6, 6.07) is -0.531. The van der Waals surface area contributed by atoms with Crippen molar-refractivity contribution >= 4 is 5.91 Å². The van der Waals surface area contributed by atoms with Crippen LogP contribution in [-0.4, -0.2) is 34.9 Å². The fraction of sp³-hybridized carbons (Fsp3) is 0.982. The van der Waals surface area contributed by atoms with Gasteiger partial charge in [0.15, 0.2) is 0 Å². The van der Waals surface area contributed by atoms with Gasteiger partial charge in [-0.2, -0.15) is 0 Å². The Balaban J connectivity index is 3.39. The van der Waals surface area contributed by atoms with E-state index in [-0.39, 0.29) is 12.5 Å². The van der Waals surface area contributed by atoms with Crippen LogP contribution in [-0.2, 0) is 4.79 Å². The van der Waals surface area contributed by atoms with Crippen LogP contribution >= 0.6 is 0 Å². The van der Waals surface area contributed by atoms with Crippen LogP contribution in [0.15, 0.2) is 0 Å². The first-order chi connectivity index (χ1) is 30.2. The highest BCUT2D eigenvalue weighted by Crippen LogP contribution is 2.19. The zero-order valence-corrected chi connectivity index (χ0v) is 42.2. The molecule has 0 saturated carbocycles. The van der Waals surface area contributed by atoms with E-state index in [9.17, 15) is 15.0 Å². The van der Waals surface area contributed by atoms with E-state index in [0.717, 1.165) is 25.7 Å². The Morgan fingerprint density at radius 2 is 0.525 bits per heavy atom. The molecule has 0 aromatic rings. The van der Waals surface area contributed by atoms with E-state index in [1.54, 1.807) is 0 Å². The first kappa shape index (κ1) is 60.4. The Bertz CT molecular complexity index is 803. The lowest BCUT2D eigenvalue weighted by molar-refractivity contribution is -0.123. The third-order valence-electron chi connectivity index (χ3n) is 13.9. The predicted molar refractivity (Wildman–Crippen MR) is 272 cm³/mol. The largest absolute Gasteiger partial charge is 0.394 e. The topological polar surface area (TPSA) is 69.6 Å². The first-order valence-electron chi connectivity index (χ1n) is 28.7. The van der Waals surface area contributed by atoms with Gasteiger partial charge in [0.25, 0.3) is 0 Å². The van der Waals surface area contributed by atoms with Gasteiger partial charge in [-0.3, -0.25) is 4.79 Å². The molecule has 0 aliphatic carbocycles. The fourth-order valence-corrected chi connectivity index (χ4v) is 9.48. The molecule has 0 aromatic carbocycles. The molecule has 0 aliphatic heterocycles. The maximum absolute atomic E-state index is 12.5. The third-order valence-corrected chi connectivity index (χ3v) is 13.9. The highest BCUT2D eigenvalue weighted by Gasteiger charge is 2.20. The standard InChI is InChI=1S/C57H115NO3/c1-3-5-7-9-11-13-15-17-19-21-23-25-26-27-28-29-30-31-33-35-37-39-41-43-45-47-49-51-53-57(61)58-55(54-59)56(60)52-50-48-46-44-42-40-38-36-34-32-24-22-20-18-16-14-12-10-8-6-4-2/h55-56,59-60H,3-54H2,1-2H3,(H,58,61). The van der Waals surface area contributed by atoms with Crippen molar-refractivity contribution in [2.45, 2.75) is 353 Å². The van der Waals surface area contributed by atoms with Crippen LogP contribution in [0.2, 0.25) is 0 Å². The molecule has 2 unspecified atom stereocenters. The molecule has 0 rings (SSSR count). The predicted octanol–water partition coefficient (Wildman–Crippen LogP) is 18.8. The minimum atomic E-state index is -0.655. The maximum atomic E-state index is 12.5. The van der Waals surface area contributed by atoms with Gasteiger partial charge in [0, 0.05) is 6.42 Å². The zero-order chi connectivity index (χ0) is 44.2. The second kappa shape index (κ2) is 53.7. The summed E-state index contributed by atoms with van der Waals surface area (Å²) < 4.78 is 0. The molecular formula is C57H115NO3. The Morgan fingerprint density at radius 3 is 0.738 bits per heavy atom. The van der Waals surface area contributed by atoms with E-state index >= 15 is 0 Å². The molecular weight excluding hydrogens is 747 g/mol. The van der Waals surface area contributed by atoms with Gasteiger partial charge >= 0.3 is 0 Å². The molecule has 0 radical (unpaired) electrons. The van der Waals surface area contributed by atoms with E-state index in [1.807, 2.05) is 0 Å². The van der Waals surface area contributed by atoms with E-state index in [1.165, 1.54) is 289 Å². The Hall–Kier alpha value is -0.610. The number of hydrogen-bond donors (Lipinski definition) is 3. The average Bonchev–Trinajstić information content (AvgIpc) is 3.26. The highest BCUT2D eigenvalue weighted by molar-refractivity contribution is 5.76. The summed E-state index contributed by atoms with van der Waals surface area (Å²) in [7, 11) is 0. The molecule has 0 bridgehead atoms. The van der Waals surface area contributed by atoms with E-state index in [2.05, 4.69) is 19.2 Å². The van der Waals surface area contributed by atoms with Gasteiger partial charge in [0.05, 0.1) is 18.8 Å². The lowest BCUT2D eigenvalue weighted by Gasteiger charge is -2.22. The average molecular weight is 863 g/mol. The van der Waals surface area contributed by atoms with Crippen molar-refractivity contribution in [3.8, 4) is 0 Å². The third kappa shape index (κ3) is 50.3. The number of aliphatic hydroxyl groups excluding tert-OH is 2. The number of unbranched alkanes of at least 4 members (excludes halogenated alkanes) is 47. The van der Waals surface area contributed by atoms with Gasteiger partial charge in [-0.05, 0) is 12.8 Å². The molecule has 366 valence electrons. The quantitative estimate of drug-likeness (QED) is 0.0534. The number of hydrogen-bond acceptors (Lipinski definition) is 3. The molecule has 1 amide bonds. The van der Waals surface area contributed by atoms with Crippen molar-refractivity contribution < 1.29 is 15.0 Å². The van der Waals surface area contributed by atoms with E-state index < -0.39 is 12.1 Å². The molecule has 2 atom stereocenters. The van der Waals surface area contributed by atoms with Gasteiger partial charge in [-0.25, -0.2) is 0 Å². The fourth-order valence-electron chi connectivity index (χ4n) is 9.48. The lowest BCUT2D eigenvalue weighted by atomic mass is 10.0. The van der Waals surface area contributed by atoms with Gasteiger partial charge in [0.1, 0.15) is 0 Å². The summed E-state index contributed by atoms with van der Waals surface area (Å²) in [5.74, 6) is -0.0216. The summed E-state index contributed by atoms with van der Waals surface area (Å²) >= 11 is 0. The number of aliphatic hydroxyl groups is 2. The monoisotopic (exact) mass is 862 g/mol. The second-order valence-electron chi connectivity index (χ2n) is 20.1. The molecule has 0 spiro atoms. The van der Waals surface area contributed by atoms with Crippen LogP contribution in [0.4, 0.5) is 0 Å². The minimum absolute atomic E-state index is 0.0216. The molecule has 3 N–H and O–H groups in total.